The fourth-order valence-electron chi connectivity index (χ4n) is 1.50. The van der Waals surface area contributed by atoms with E-state index in [0.29, 0.717) is 17.7 Å². The van der Waals surface area contributed by atoms with Crippen molar-refractivity contribution < 1.29 is 9.18 Å². The smallest absolute Gasteiger partial charge is 0.251 e. The van der Waals surface area contributed by atoms with Crippen molar-refractivity contribution in [2.75, 3.05) is 13.1 Å². The number of hydrogen-bond donors (Lipinski definition) is 2. The van der Waals surface area contributed by atoms with E-state index in [2.05, 4.69) is 10.6 Å². The molecule has 17 heavy (non-hydrogen) atoms. The van der Waals surface area contributed by atoms with Crippen LogP contribution in [0.15, 0.2) is 18.2 Å². The van der Waals surface area contributed by atoms with E-state index in [9.17, 15) is 9.18 Å². The largest absolute Gasteiger partial charge is 0.350 e. The van der Waals surface area contributed by atoms with Gasteiger partial charge >= 0.3 is 0 Å². The Morgan fingerprint density at radius 3 is 2.76 bits per heavy atom. The molecule has 0 fully saturated rings. The number of amides is 1. The van der Waals surface area contributed by atoms with Crippen LogP contribution in [0.2, 0.25) is 0 Å². The molecule has 0 aromatic heterocycles. The van der Waals surface area contributed by atoms with Gasteiger partial charge in [-0.15, -0.1) is 0 Å². The molecule has 0 bridgehead atoms. The molecule has 1 rings (SSSR count). The van der Waals surface area contributed by atoms with Gasteiger partial charge in [0.25, 0.3) is 5.91 Å². The highest BCUT2D eigenvalue weighted by molar-refractivity contribution is 5.94. The minimum Gasteiger partial charge on any atom is -0.350 e. The van der Waals surface area contributed by atoms with Crippen molar-refractivity contribution in [3.8, 4) is 0 Å². The van der Waals surface area contributed by atoms with Crippen molar-refractivity contribution in [2.24, 2.45) is 0 Å². The maximum Gasteiger partial charge on any atom is 0.251 e. The van der Waals surface area contributed by atoms with Crippen molar-refractivity contribution >= 4 is 5.91 Å². The molecule has 0 radical (unpaired) electrons. The molecular formula is C13H19FN2O. The zero-order valence-electron chi connectivity index (χ0n) is 10.5. The molecule has 0 unspecified atom stereocenters. The molecule has 0 aliphatic rings. The van der Waals surface area contributed by atoms with Crippen molar-refractivity contribution in [2.45, 2.75) is 26.8 Å². The van der Waals surface area contributed by atoms with Crippen molar-refractivity contribution in [1.29, 1.82) is 0 Å². The highest BCUT2D eigenvalue weighted by Gasteiger charge is 2.08. The number of benzene rings is 1. The molecule has 1 atom stereocenters. The minimum atomic E-state index is -0.350. The normalized spacial score (nSPS) is 12.2. The summed E-state index contributed by atoms with van der Waals surface area (Å²) in [5.74, 6) is -0.592. The first-order chi connectivity index (χ1) is 8.04. The highest BCUT2D eigenvalue weighted by atomic mass is 19.1. The average Bonchev–Trinajstić information content (AvgIpc) is 2.30. The predicted octanol–water partition coefficient (Wildman–Crippen LogP) is 1.86. The Morgan fingerprint density at radius 1 is 1.47 bits per heavy atom. The third kappa shape index (κ3) is 4.15. The van der Waals surface area contributed by atoms with E-state index in [0.717, 1.165) is 6.54 Å². The number of carbonyl (C=O) groups excluding carboxylic acids is 1. The lowest BCUT2D eigenvalue weighted by atomic mass is 10.1. The van der Waals surface area contributed by atoms with Gasteiger partial charge in [-0.3, -0.25) is 4.79 Å². The fraction of sp³-hybridized carbons (Fsp3) is 0.462. The predicted molar refractivity (Wildman–Crippen MR) is 66.6 cm³/mol. The SMILES string of the molecule is CCN[C@H](C)CNC(=O)c1ccc(C)c(F)c1. The Bertz CT molecular complexity index is 393. The van der Waals surface area contributed by atoms with E-state index >= 15 is 0 Å². The van der Waals surface area contributed by atoms with E-state index in [1.165, 1.54) is 6.07 Å². The van der Waals surface area contributed by atoms with Crippen LogP contribution in [0.4, 0.5) is 4.39 Å². The number of nitrogens with one attached hydrogen (secondary N) is 2. The summed E-state index contributed by atoms with van der Waals surface area (Å²) in [6.45, 7) is 7.05. The van der Waals surface area contributed by atoms with Gasteiger partial charge in [0, 0.05) is 18.2 Å². The summed E-state index contributed by atoms with van der Waals surface area (Å²) < 4.78 is 13.3. The van der Waals surface area contributed by atoms with Crippen LogP contribution in [-0.2, 0) is 0 Å². The van der Waals surface area contributed by atoms with Crippen molar-refractivity contribution in [3.05, 3.63) is 35.1 Å². The summed E-state index contributed by atoms with van der Waals surface area (Å²) in [4.78, 5) is 11.7. The maximum atomic E-state index is 13.3. The number of likely N-dealkylation sites (N-methyl/N-ethyl adjacent to an activating group) is 1. The molecule has 0 aliphatic heterocycles. The number of halogens is 1. The van der Waals surface area contributed by atoms with Crippen molar-refractivity contribution in [3.63, 3.8) is 0 Å². The Kier molecular flexibility index (Phi) is 5.10. The monoisotopic (exact) mass is 238 g/mol. The quantitative estimate of drug-likeness (QED) is 0.822. The maximum absolute atomic E-state index is 13.3. The molecule has 1 amide bonds. The fourth-order valence-corrected chi connectivity index (χ4v) is 1.50. The van der Waals surface area contributed by atoms with Crippen LogP contribution in [0.25, 0.3) is 0 Å². The molecule has 1 aromatic rings. The van der Waals surface area contributed by atoms with Gasteiger partial charge in [-0.1, -0.05) is 13.0 Å². The lowest BCUT2D eigenvalue weighted by Gasteiger charge is -2.13. The van der Waals surface area contributed by atoms with E-state index in [4.69, 9.17) is 0 Å². The Labute approximate surface area is 101 Å². The van der Waals surface area contributed by atoms with Crippen LogP contribution in [-0.4, -0.2) is 25.0 Å². The van der Waals surface area contributed by atoms with Gasteiger partial charge in [-0.25, -0.2) is 4.39 Å². The van der Waals surface area contributed by atoms with Crippen molar-refractivity contribution in [1.82, 2.24) is 10.6 Å². The second-order valence-corrected chi connectivity index (χ2v) is 4.13. The Morgan fingerprint density at radius 2 is 2.18 bits per heavy atom. The van der Waals surface area contributed by atoms with Crippen LogP contribution in [0.1, 0.15) is 29.8 Å². The molecule has 0 saturated carbocycles. The molecule has 2 N–H and O–H groups in total. The lowest BCUT2D eigenvalue weighted by molar-refractivity contribution is 0.0950. The zero-order valence-corrected chi connectivity index (χ0v) is 10.5. The van der Waals surface area contributed by atoms with Gasteiger partial charge in [-0.05, 0) is 38.1 Å². The first-order valence-corrected chi connectivity index (χ1v) is 5.82. The molecule has 0 spiro atoms. The summed E-state index contributed by atoms with van der Waals surface area (Å²) in [6.07, 6.45) is 0. The summed E-state index contributed by atoms with van der Waals surface area (Å²) >= 11 is 0. The number of carbonyl (C=O) groups is 1. The Hall–Kier alpha value is -1.42. The Balaban J connectivity index is 2.55. The van der Waals surface area contributed by atoms with E-state index in [-0.39, 0.29) is 17.8 Å². The summed E-state index contributed by atoms with van der Waals surface area (Å²) in [7, 11) is 0. The van der Waals surface area contributed by atoms with E-state index in [1.54, 1.807) is 19.1 Å². The van der Waals surface area contributed by atoms with Crippen LogP contribution < -0.4 is 10.6 Å². The van der Waals surface area contributed by atoms with Crippen LogP contribution in [0.5, 0.6) is 0 Å². The van der Waals surface area contributed by atoms with Gasteiger partial charge < -0.3 is 10.6 Å². The molecule has 94 valence electrons. The third-order valence-electron chi connectivity index (χ3n) is 2.56. The molecule has 1 aromatic carbocycles. The highest BCUT2D eigenvalue weighted by Crippen LogP contribution is 2.08. The topological polar surface area (TPSA) is 41.1 Å². The molecule has 3 nitrogen and oxygen atoms in total. The first kappa shape index (κ1) is 13.6. The molecule has 0 saturated heterocycles. The van der Waals surface area contributed by atoms with Crippen LogP contribution >= 0.6 is 0 Å². The first-order valence-electron chi connectivity index (χ1n) is 5.82. The molecule has 4 heteroatoms. The standard InChI is InChI=1S/C13H19FN2O/c1-4-15-10(3)8-16-13(17)11-6-5-9(2)12(14)7-11/h5-7,10,15H,4,8H2,1-3H3,(H,16,17)/t10-/m1/s1. The van der Waals surface area contributed by atoms with Gasteiger partial charge in [-0.2, -0.15) is 0 Å². The number of rotatable bonds is 5. The zero-order chi connectivity index (χ0) is 12.8. The van der Waals surface area contributed by atoms with E-state index < -0.39 is 0 Å². The molecule has 0 aliphatic carbocycles. The summed E-state index contributed by atoms with van der Waals surface area (Å²) in [5.41, 5.74) is 0.902. The van der Waals surface area contributed by atoms with Crippen LogP contribution in [0, 0.1) is 12.7 Å². The third-order valence-corrected chi connectivity index (χ3v) is 2.56. The van der Waals surface area contributed by atoms with Gasteiger partial charge in [0.15, 0.2) is 0 Å². The van der Waals surface area contributed by atoms with E-state index in [1.807, 2.05) is 13.8 Å². The summed E-state index contributed by atoms with van der Waals surface area (Å²) in [6, 6.07) is 4.71. The lowest BCUT2D eigenvalue weighted by Crippen LogP contribution is -2.38. The second kappa shape index (κ2) is 6.35. The summed E-state index contributed by atoms with van der Waals surface area (Å²) in [5, 5.41) is 5.95. The minimum absolute atomic E-state index is 0.208. The second-order valence-electron chi connectivity index (χ2n) is 4.13. The van der Waals surface area contributed by atoms with Gasteiger partial charge in [0.05, 0.1) is 0 Å². The van der Waals surface area contributed by atoms with Crippen LogP contribution in [0.3, 0.4) is 0 Å². The molecule has 0 heterocycles. The number of hydrogen-bond acceptors (Lipinski definition) is 2. The van der Waals surface area contributed by atoms with Gasteiger partial charge in [0.2, 0.25) is 0 Å². The van der Waals surface area contributed by atoms with Gasteiger partial charge in [0.1, 0.15) is 5.82 Å². The number of aryl methyl sites for hydroxylation is 1. The average molecular weight is 238 g/mol. The molecular weight excluding hydrogens is 219 g/mol.